The van der Waals surface area contributed by atoms with Crippen molar-refractivity contribution in [1.82, 2.24) is 0 Å². The Morgan fingerprint density at radius 1 is 1.28 bits per heavy atom. The molecule has 3 nitrogen and oxygen atoms in total. The van der Waals surface area contributed by atoms with Gasteiger partial charge in [0.05, 0.1) is 11.5 Å². The molecular formula is C13H18FNO2S. The maximum absolute atomic E-state index is 13.5. The second kappa shape index (κ2) is 5.26. The Hall–Kier alpha value is -1.10. The lowest BCUT2D eigenvalue weighted by Crippen LogP contribution is -2.16. The van der Waals surface area contributed by atoms with Crippen LogP contribution in [0, 0.1) is 11.7 Å². The number of halogens is 1. The van der Waals surface area contributed by atoms with Gasteiger partial charge in [-0.15, -0.1) is 0 Å². The molecule has 18 heavy (non-hydrogen) atoms. The van der Waals surface area contributed by atoms with E-state index in [0.29, 0.717) is 5.69 Å². The van der Waals surface area contributed by atoms with Gasteiger partial charge in [-0.2, -0.15) is 0 Å². The van der Waals surface area contributed by atoms with E-state index in [9.17, 15) is 12.8 Å². The highest BCUT2D eigenvalue weighted by Crippen LogP contribution is 2.27. The summed E-state index contributed by atoms with van der Waals surface area (Å²) in [5.41, 5.74) is 5.95. The summed E-state index contributed by atoms with van der Waals surface area (Å²) in [5, 5.41) is 0. The van der Waals surface area contributed by atoms with Crippen LogP contribution in [0.4, 0.5) is 10.1 Å². The van der Waals surface area contributed by atoms with E-state index in [0.717, 1.165) is 25.7 Å². The Morgan fingerprint density at radius 2 is 1.94 bits per heavy atom. The molecule has 5 heteroatoms. The van der Waals surface area contributed by atoms with Gasteiger partial charge in [0, 0.05) is 11.3 Å². The van der Waals surface area contributed by atoms with Gasteiger partial charge in [-0.3, -0.25) is 0 Å². The largest absolute Gasteiger partial charge is 0.399 e. The molecule has 2 N–H and O–H groups in total. The Balaban J connectivity index is 2.07. The van der Waals surface area contributed by atoms with Gasteiger partial charge in [-0.1, -0.05) is 18.9 Å². The quantitative estimate of drug-likeness (QED) is 0.856. The van der Waals surface area contributed by atoms with Crippen molar-refractivity contribution in [1.29, 1.82) is 0 Å². The van der Waals surface area contributed by atoms with Crippen LogP contribution < -0.4 is 5.73 Å². The number of nitrogens with two attached hydrogens (primary N) is 1. The van der Waals surface area contributed by atoms with Crippen LogP contribution in [0.5, 0.6) is 0 Å². The second-order valence-corrected chi connectivity index (χ2v) is 7.17. The zero-order chi connectivity index (χ0) is 13.2. The summed E-state index contributed by atoms with van der Waals surface area (Å²) in [5.74, 6) is -0.330. The smallest absolute Gasteiger partial charge is 0.154 e. The third-order valence-corrected chi connectivity index (χ3v) is 5.15. The van der Waals surface area contributed by atoms with Gasteiger partial charge in [0.25, 0.3) is 0 Å². The zero-order valence-corrected chi connectivity index (χ0v) is 11.0. The van der Waals surface area contributed by atoms with Crippen LogP contribution in [0.1, 0.15) is 31.2 Å². The summed E-state index contributed by atoms with van der Waals surface area (Å²) >= 11 is 0. The zero-order valence-electron chi connectivity index (χ0n) is 10.2. The summed E-state index contributed by atoms with van der Waals surface area (Å²) < 4.78 is 37.5. The molecule has 1 aliphatic rings. The number of nitrogen functional groups attached to an aromatic ring is 1. The molecule has 1 aromatic carbocycles. The summed E-state index contributed by atoms with van der Waals surface area (Å²) in [6.07, 6.45) is 4.17. The van der Waals surface area contributed by atoms with Crippen molar-refractivity contribution >= 4 is 15.5 Å². The minimum Gasteiger partial charge on any atom is -0.399 e. The molecule has 0 aliphatic heterocycles. The first-order valence-corrected chi connectivity index (χ1v) is 8.03. The van der Waals surface area contributed by atoms with Crippen LogP contribution in [0.3, 0.4) is 0 Å². The number of benzene rings is 1. The molecule has 0 atom stereocenters. The molecule has 1 saturated carbocycles. The molecule has 1 aliphatic carbocycles. The van der Waals surface area contributed by atoms with Crippen LogP contribution in [0.25, 0.3) is 0 Å². The van der Waals surface area contributed by atoms with E-state index >= 15 is 0 Å². The molecule has 0 aromatic heterocycles. The van der Waals surface area contributed by atoms with Gasteiger partial charge in [0.2, 0.25) is 0 Å². The lowest BCUT2D eigenvalue weighted by atomic mass is 10.1. The summed E-state index contributed by atoms with van der Waals surface area (Å²) in [7, 11) is -3.23. The van der Waals surface area contributed by atoms with Crippen molar-refractivity contribution in [3.63, 3.8) is 0 Å². The average molecular weight is 271 g/mol. The van der Waals surface area contributed by atoms with Crippen molar-refractivity contribution < 1.29 is 12.8 Å². The van der Waals surface area contributed by atoms with Gasteiger partial charge in [-0.05, 0) is 30.9 Å². The van der Waals surface area contributed by atoms with Crippen molar-refractivity contribution in [2.45, 2.75) is 31.4 Å². The van der Waals surface area contributed by atoms with E-state index in [1.54, 1.807) is 0 Å². The molecular weight excluding hydrogens is 253 g/mol. The van der Waals surface area contributed by atoms with E-state index in [-0.39, 0.29) is 23.0 Å². The van der Waals surface area contributed by atoms with Crippen LogP contribution in [-0.4, -0.2) is 14.2 Å². The fraction of sp³-hybridized carbons (Fsp3) is 0.538. The van der Waals surface area contributed by atoms with Crippen LogP contribution in [0.15, 0.2) is 18.2 Å². The molecule has 2 rings (SSSR count). The maximum Gasteiger partial charge on any atom is 0.154 e. The molecule has 0 saturated heterocycles. The first-order chi connectivity index (χ1) is 8.46. The standard InChI is InChI=1S/C13H18FNO2S/c14-13-7-12(15)6-5-11(13)9-18(16,17)8-10-3-1-2-4-10/h5-7,10H,1-4,8-9,15H2. The summed E-state index contributed by atoms with van der Waals surface area (Å²) in [6.45, 7) is 0. The molecule has 1 aromatic rings. The van der Waals surface area contributed by atoms with Crippen LogP contribution in [0.2, 0.25) is 0 Å². The molecule has 0 unspecified atom stereocenters. The molecule has 1 fully saturated rings. The number of anilines is 1. The Labute approximate surface area is 107 Å². The third-order valence-electron chi connectivity index (χ3n) is 3.42. The number of hydrogen-bond donors (Lipinski definition) is 1. The van der Waals surface area contributed by atoms with Crippen molar-refractivity contribution in [2.24, 2.45) is 5.92 Å². The summed E-state index contributed by atoms with van der Waals surface area (Å²) in [6, 6.07) is 4.15. The van der Waals surface area contributed by atoms with Gasteiger partial charge >= 0.3 is 0 Å². The van der Waals surface area contributed by atoms with Crippen LogP contribution >= 0.6 is 0 Å². The number of sulfone groups is 1. The third kappa shape index (κ3) is 3.45. The normalized spacial score (nSPS) is 17.2. The highest BCUT2D eigenvalue weighted by atomic mass is 32.2. The summed E-state index contributed by atoms with van der Waals surface area (Å²) in [4.78, 5) is 0. The Kier molecular flexibility index (Phi) is 3.90. The maximum atomic E-state index is 13.5. The van der Waals surface area contributed by atoms with Crippen LogP contribution in [-0.2, 0) is 15.6 Å². The lowest BCUT2D eigenvalue weighted by Gasteiger charge is -2.10. The lowest BCUT2D eigenvalue weighted by molar-refractivity contribution is 0.555. The second-order valence-electron chi connectivity index (χ2n) is 5.06. The predicted octanol–water partition coefficient (Wildman–Crippen LogP) is 2.51. The molecule has 0 spiro atoms. The van der Waals surface area contributed by atoms with E-state index in [1.165, 1.54) is 18.2 Å². The molecule has 0 radical (unpaired) electrons. The fourth-order valence-corrected chi connectivity index (χ4v) is 4.39. The van der Waals surface area contributed by atoms with Crippen molar-refractivity contribution in [3.05, 3.63) is 29.6 Å². The van der Waals surface area contributed by atoms with E-state index < -0.39 is 15.7 Å². The van der Waals surface area contributed by atoms with Gasteiger partial charge in [0.1, 0.15) is 5.82 Å². The highest BCUT2D eigenvalue weighted by molar-refractivity contribution is 7.90. The molecule has 0 bridgehead atoms. The highest BCUT2D eigenvalue weighted by Gasteiger charge is 2.23. The Morgan fingerprint density at radius 3 is 2.56 bits per heavy atom. The van der Waals surface area contributed by atoms with Gasteiger partial charge < -0.3 is 5.73 Å². The number of hydrogen-bond acceptors (Lipinski definition) is 3. The monoisotopic (exact) mass is 271 g/mol. The first kappa shape index (κ1) is 13.3. The first-order valence-electron chi connectivity index (χ1n) is 6.20. The van der Waals surface area contributed by atoms with Gasteiger partial charge in [0.15, 0.2) is 9.84 Å². The topological polar surface area (TPSA) is 60.2 Å². The van der Waals surface area contributed by atoms with E-state index in [4.69, 9.17) is 5.73 Å². The molecule has 100 valence electrons. The number of rotatable bonds is 4. The SMILES string of the molecule is Nc1ccc(CS(=O)(=O)CC2CCCC2)c(F)c1. The van der Waals surface area contributed by atoms with Crippen molar-refractivity contribution in [3.8, 4) is 0 Å². The fourth-order valence-electron chi connectivity index (χ4n) is 2.51. The van der Waals surface area contributed by atoms with E-state index in [1.807, 2.05) is 0 Å². The van der Waals surface area contributed by atoms with E-state index in [2.05, 4.69) is 0 Å². The van der Waals surface area contributed by atoms with Crippen molar-refractivity contribution in [2.75, 3.05) is 11.5 Å². The molecule has 0 amide bonds. The average Bonchev–Trinajstić information content (AvgIpc) is 2.74. The van der Waals surface area contributed by atoms with Gasteiger partial charge in [-0.25, -0.2) is 12.8 Å². The Bertz CT molecular complexity index is 522. The minimum absolute atomic E-state index is 0.177. The molecule has 0 heterocycles. The minimum atomic E-state index is -3.23. The predicted molar refractivity (Wildman–Crippen MR) is 70.3 cm³/mol.